The lowest BCUT2D eigenvalue weighted by Gasteiger charge is -2.29. The molecule has 0 amide bonds. The summed E-state index contributed by atoms with van der Waals surface area (Å²) in [6.07, 6.45) is 4.35. The van der Waals surface area contributed by atoms with Gasteiger partial charge in [-0.3, -0.25) is 0 Å². The summed E-state index contributed by atoms with van der Waals surface area (Å²) in [5.41, 5.74) is 1.26. The first-order chi connectivity index (χ1) is 6.35. The maximum absolute atomic E-state index is 7.18. The van der Waals surface area contributed by atoms with E-state index >= 15 is 0 Å². The van der Waals surface area contributed by atoms with Crippen molar-refractivity contribution in [2.24, 2.45) is 0 Å². The Morgan fingerprint density at radius 2 is 1.92 bits per heavy atom. The third kappa shape index (κ3) is 1.58. The molecule has 1 aliphatic carbocycles. The molecule has 1 saturated carbocycles. The highest BCUT2D eigenvalue weighted by atomic mass is 14.8. The van der Waals surface area contributed by atoms with Gasteiger partial charge in [0.15, 0.2) is 0 Å². The summed E-state index contributed by atoms with van der Waals surface area (Å²) in [7, 11) is 0. The van der Waals surface area contributed by atoms with E-state index in [0.29, 0.717) is 0 Å². The van der Waals surface area contributed by atoms with Crippen LogP contribution in [0, 0.1) is 6.57 Å². The van der Waals surface area contributed by atoms with Crippen LogP contribution in [0.15, 0.2) is 30.3 Å². The largest absolute Gasteiger partial charge is 0.310 e. The Kier molecular flexibility index (Phi) is 2.06. The SMILES string of the molecule is [C-]#[N+]C1(Cc2ccccc2)CCC1. The van der Waals surface area contributed by atoms with E-state index in [9.17, 15) is 0 Å². The molecule has 1 aromatic rings. The molecule has 0 N–H and O–H groups in total. The van der Waals surface area contributed by atoms with Gasteiger partial charge in [0.2, 0.25) is 5.54 Å². The van der Waals surface area contributed by atoms with Crippen LogP contribution in [0.1, 0.15) is 24.8 Å². The van der Waals surface area contributed by atoms with E-state index in [2.05, 4.69) is 17.0 Å². The van der Waals surface area contributed by atoms with Crippen molar-refractivity contribution in [2.45, 2.75) is 31.2 Å². The van der Waals surface area contributed by atoms with Crippen molar-refractivity contribution in [3.63, 3.8) is 0 Å². The average molecular weight is 171 g/mol. The first-order valence-electron chi connectivity index (χ1n) is 4.77. The van der Waals surface area contributed by atoms with Crippen LogP contribution in [-0.2, 0) is 6.42 Å². The van der Waals surface area contributed by atoms with Gasteiger partial charge in [0.05, 0.1) is 6.42 Å². The molecule has 0 unspecified atom stereocenters. The highest BCUT2D eigenvalue weighted by molar-refractivity contribution is 5.21. The van der Waals surface area contributed by atoms with Crippen LogP contribution in [-0.4, -0.2) is 5.54 Å². The number of rotatable bonds is 2. The molecule has 0 radical (unpaired) electrons. The molecule has 0 atom stereocenters. The lowest BCUT2D eigenvalue weighted by molar-refractivity contribution is 0.301. The predicted octanol–water partition coefficient (Wildman–Crippen LogP) is 3.07. The highest BCUT2D eigenvalue weighted by Gasteiger charge is 2.43. The van der Waals surface area contributed by atoms with E-state index in [1.807, 2.05) is 18.2 Å². The van der Waals surface area contributed by atoms with Gasteiger partial charge in [-0.1, -0.05) is 30.3 Å². The first-order valence-corrected chi connectivity index (χ1v) is 4.77. The zero-order chi connectivity index (χ0) is 9.15. The highest BCUT2D eigenvalue weighted by Crippen LogP contribution is 2.38. The van der Waals surface area contributed by atoms with Crippen LogP contribution >= 0.6 is 0 Å². The number of benzene rings is 1. The van der Waals surface area contributed by atoms with E-state index < -0.39 is 0 Å². The van der Waals surface area contributed by atoms with Crippen molar-refractivity contribution in [3.8, 4) is 0 Å². The van der Waals surface area contributed by atoms with E-state index in [1.54, 1.807) is 0 Å². The van der Waals surface area contributed by atoms with Gasteiger partial charge in [0, 0.05) is 12.8 Å². The van der Waals surface area contributed by atoms with Gasteiger partial charge in [-0.2, -0.15) is 0 Å². The minimum atomic E-state index is -0.0403. The van der Waals surface area contributed by atoms with Crippen molar-refractivity contribution in [1.82, 2.24) is 0 Å². The molecule has 0 spiro atoms. The zero-order valence-electron chi connectivity index (χ0n) is 7.66. The molecule has 0 bridgehead atoms. The molecule has 13 heavy (non-hydrogen) atoms. The maximum Gasteiger partial charge on any atom is 0.236 e. The predicted molar refractivity (Wildman–Crippen MR) is 53.3 cm³/mol. The van der Waals surface area contributed by atoms with Gasteiger partial charge in [-0.15, -0.1) is 0 Å². The Balaban J connectivity index is 2.10. The van der Waals surface area contributed by atoms with E-state index in [0.717, 1.165) is 19.3 Å². The summed E-state index contributed by atoms with van der Waals surface area (Å²) < 4.78 is 0. The fourth-order valence-corrected chi connectivity index (χ4v) is 1.89. The minimum absolute atomic E-state index is 0.0403. The number of hydrogen-bond acceptors (Lipinski definition) is 0. The van der Waals surface area contributed by atoms with Crippen molar-refractivity contribution < 1.29 is 0 Å². The molecule has 2 rings (SSSR count). The van der Waals surface area contributed by atoms with Gasteiger partial charge in [-0.25, -0.2) is 6.57 Å². The lowest BCUT2D eigenvalue weighted by Crippen LogP contribution is -2.35. The molecular formula is C12H13N. The maximum atomic E-state index is 7.18. The Bertz CT molecular complexity index is 317. The van der Waals surface area contributed by atoms with Gasteiger partial charge in [0.25, 0.3) is 0 Å². The van der Waals surface area contributed by atoms with Crippen molar-refractivity contribution in [3.05, 3.63) is 47.3 Å². The third-order valence-corrected chi connectivity index (χ3v) is 2.90. The topological polar surface area (TPSA) is 4.36 Å². The van der Waals surface area contributed by atoms with Crippen molar-refractivity contribution in [1.29, 1.82) is 0 Å². The summed E-state index contributed by atoms with van der Waals surface area (Å²) >= 11 is 0. The smallest absolute Gasteiger partial charge is 0.236 e. The average Bonchev–Trinajstić information content (AvgIpc) is 2.13. The quantitative estimate of drug-likeness (QED) is 0.602. The number of hydrogen-bond donors (Lipinski definition) is 0. The second-order valence-electron chi connectivity index (χ2n) is 3.85. The first kappa shape index (κ1) is 8.31. The van der Waals surface area contributed by atoms with Crippen LogP contribution in [0.4, 0.5) is 0 Å². The molecule has 0 heterocycles. The van der Waals surface area contributed by atoms with Gasteiger partial charge < -0.3 is 4.85 Å². The van der Waals surface area contributed by atoms with Crippen molar-refractivity contribution in [2.75, 3.05) is 0 Å². The van der Waals surface area contributed by atoms with Crippen LogP contribution < -0.4 is 0 Å². The lowest BCUT2D eigenvalue weighted by atomic mass is 9.73. The van der Waals surface area contributed by atoms with Crippen LogP contribution in [0.3, 0.4) is 0 Å². The Hall–Kier alpha value is -1.29. The van der Waals surface area contributed by atoms with Crippen LogP contribution in [0.25, 0.3) is 4.85 Å². The zero-order valence-corrected chi connectivity index (χ0v) is 7.66. The normalized spacial score (nSPS) is 18.7. The van der Waals surface area contributed by atoms with Gasteiger partial charge >= 0.3 is 0 Å². The fraction of sp³-hybridized carbons (Fsp3) is 0.417. The molecule has 1 aliphatic rings. The van der Waals surface area contributed by atoms with Gasteiger partial charge in [-0.05, 0) is 12.0 Å². The molecule has 1 nitrogen and oxygen atoms in total. The molecule has 1 aromatic carbocycles. The summed E-state index contributed by atoms with van der Waals surface area (Å²) in [5.74, 6) is 0. The summed E-state index contributed by atoms with van der Waals surface area (Å²) in [4.78, 5) is 3.77. The second kappa shape index (κ2) is 3.22. The third-order valence-electron chi connectivity index (χ3n) is 2.90. The van der Waals surface area contributed by atoms with E-state index in [1.165, 1.54) is 12.0 Å². The molecule has 1 fully saturated rings. The molecule has 1 heteroatoms. The summed E-state index contributed by atoms with van der Waals surface area (Å²) in [6, 6.07) is 10.3. The second-order valence-corrected chi connectivity index (χ2v) is 3.85. The monoisotopic (exact) mass is 171 g/mol. The molecule has 0 aromatic heterocycles. The van der Waals surface area contributed by atoms with E-state index in [4.69, 9.17) is 6.57 Å². The Morgan fingerprint density at radius 3 is 2.38 bits per heavy atom. The molecule has 0 saturated heterocycles. The summed E-state index contributed by atoms with van der Waals surface area (Å²) in [5, 5.41) is 0. The van der Waals surface area contributed by atoms with Crippen LogP contribution in [0.5, 0.6) is 0 Å². The van der Waals surface area contributed by atoms with Gasteiger partial charge in [0.1, 0.15) is 0 Å². The standard InChI is InChI=1S/C12H13N/c1-13-12(8-5-9-12)10-11-6-3-2-4-7-11/h2-4,6-7H,5,8-10H2. The molecule has 66 valence electrons. The molecular weight excluding hydrogens is 158 g/mol. The minimum Gasteiger partial charge on any atom is -0.310 e. The molecule has 0 aliphatic heterocycles. The summed E-state index contributed by atoms with van der Waals surface area (Å²) in [6.45, 7) is 7.18. The van der Waals surface area contributed by atoms with E-state index in [-0.39, 0.29) is 5.54 Å². The fourth-order valence-electron chi connectivity index (χ4n) is 1.89. The Labute approximate surface area is 79.2 Å². The Morgan fingerprint density at radius 1 is 1.23 bits per heavy atom. The van der Waals surface area contributed by atoms with Crippen molar-refractivity contribution >= 4 is 0 Å². The number of nitrogens with zero attached hydrogens (tertiary/aromatic N) is 1. The van der Waals surface area contributed by atoms with Crippen LogP contribution in [0.2, 0.25) is 0 Å².